The Hall–Kier alpha value is -1.64. The number of carbonyl (C=O) groups is 1. The Morgan fingerprint density at radius 3 is 2.38 bits per heavy atom. The first kappa shape index (κ1) is 18.7. The largest absolute Gasteiger partial charge is 0.491 e. The van der Waals surface area contributed by atoms with Crippen molar-refractivity contribution in [2.75, 3.05) is 26.2 Å². The molecular formula is C16H24BFN2O4. The Morgan fingerprint density at radius 1 is 1.25 bits per heavy atom. The fourth-order valence-electron chi connectivity index (χ4n) is 2.55. The molecule has 0 saturated carbocycles. The van der Waals surface area contributed by atoms with Crippen molar-refractivity contribution in [2.24, 2.45) is 0 Å². The second-order valence-electron chi connectivity index (χ2n) is 6.97. The highest BCUT2D eigenvalue weighted by Gasteiger charge is 2.26. The zero-order valence-electron chi connectivity index (χ0n) is 14.3. The highest BCUT2D eigenvalue weighted by Crippen LogP contribution is 2.13. The summed E-state index contributed by atoms with van der Waals surface area (Å²) < 4.78 is 19.1. The molecule has 0 aromatic heterocycles. The van der Waals surface area contributed by atoms with Crippen LogP contribution < -0.4 is 5.46 Å². The number of nitrogens with zero attached hydrogens (tertiary/aromatic N) is 2. The van der Waals surface area contributed by atoms with Gasteiger partial charge in [-0.25, -0.2) is 9.18 Å². The summed E-state index contributed by atoms with van der Waals surface area (Å²) in [7, 11) is -1.81. The van der Waals surface area contributed by atoms with Crippen LogP contribution >= 0.6 is 0 Å². The number of amides is 1. The standard InChI is InChI=1S/C16H24BFN2O4/c1-16(2,3)24-15(21)20-8-6-19(7-9-20)11-12-4-5-13(17(22)23)14(18)10-12/h4-5,10,22-23H,6-9,11H2,1-3H3. The zero-order valence-corrected chi connectivity index (χ0v) is 14.3. The monoisotopic (exact) mass is 338 g/mol. The molecule has 1 saturated heterocycles. The molecule has 0 spiro atoms. The van der Waals surface area contributed by atoms with Crippen LogP contribution in [0.4, 0.5) is 9.18 Å². The van der Waals surface area contributed by atoms with Gasteiger partial charge in [0.2, 0.25) is 0 Å². The van der Waals surface area contributed by atoms with Crippen LogP contribution in [-0.4, -0.2) is 64.8 Å². The molecule has 1 aliphatic rings. The topological polar surface area (TPSA) is 73.2 Å². The molecule has 1 amide bonds. The number of piperazine rings is 1. The molecule has 0 atom stereocenters. The molecule has 8 heteroatoms. The van der Waals surface area contributed by atoms with Gasteiger partial charge in [0.25, 0.3) is 0 Å². The van der Waals surface area contributed by atoms with Crippen molar-refractivity contribution in [1.82, 2.24) is 9.80 Å². The third-order valence-electron chi connectivity index (χ3n) is 3.77. The van der Waals surface area contributed by atoms with Crippen molar-refractivity contribution in [3.8, 4) is 0 Å². The van der Waals surface area contributed by atoms with Crippen LogP contribution in [0.3, 0.4) is 0 Å². The van der Waals surface area contributed by atoms with Gasteiger partial charge in [0.15, 0.2) is 0 Å². The Labute approximate surface area is 142 Å². The van der Waals surface area contributed by atoms with Crippen molar-refractivity contribution < 1.29 is 24.0 Å². The fourth-order valence-corrected chi connectivity index (χ4v) is 2.55. The molecule has 2 rings (SSSR count). The molecule has 0 radical (unpaired) electrons. The van der Waals surface area contributed by atoms with Crippen LogP contribution in [0.25, 0.3) is 0 Å². The minimum Gasteiger partial charge on any atom is -0.444 e. The first-order chi connectivity index (χ1) is 11.2. The van der Waals surface area contributed by atoms with Gasteiger partial charge in [-0.05, 0) is 32.4 Å². The number of rotatable bonds is 3. The van der Waals surface area contributed by atoms with E-state index in [0.29, 0.717) is 32.7 Å². The second kappa shape index (κ2) is 7.50. The summed E-state index contributed by atoms with van der Waals surface area (Å²) >= 11 is 0. The minimum atomic E-state index is -1.81. The van der Waals surface area contributed by atoms with E-state index >= 15 is 0 Å². The van der Waals surface area contributed by atoms with E-state index in [-0.39, 0.29) is 11.6 Å². The average molecular weight is 338 g/mol. The Kier molecular flexibility index (Phi) is 5.85. The minimum absolute atomic E-state index is 0.131. The van der Waals surface area contributed by atoms with E-state index < -0.39 is 18.5 Å². The van der Waals surface area contributed by atoms with Crippen molar-refractivity contribution in [2.45, 2.75) is 32.9 Å². The van der Waals surface area contributed by atoms with Gasteiger partial charge in [-0.1, -0.05) is 12.1 Å². The van der Waals surface area contributed by atoms with Crippen LogP contribution in [0.2, 0.25) is 0 Å². The Bertz CT molecular complexity index is 584. The highest BCUT2D eigenvalue weighted by molar-refractivity contribution is 6.58. The smallest absolute Gasteiger partial charge is 0.444 e. The third kappa shape index (κ3) is 5.19. The lowest BCUT2D eigenvalue weighted by Gasteiger charge is -2.35. The molecule has 6 nitrogen and oxygen atoms in total. The summed E-state index contributed by atoms with van der Waals surface area (Å²) in [5, 5.41) is 18.1. The maximum Gasteiger partial charge on any atom is 0.491 e. The number of benzene rings is 1. The summed E-state index contributed by atoms with van der Waals surface area (Å²) in [6, 6.07) is 4.37. The number of carbonyl (C=O) groups excluding carboxylic acids is 1. The lowest BCUT2D eigenvalue weighted by Crippen LogP contribution is -2.49. The number of ether oxygens (including phenoxy) is 1. The SMILES string of the molecule is CC(C)(C)OC(=O)N1CCN(Cc2ccc(B(O)O)c(F)c2)CC1. The van der Waals surface area contributed by atoms with Crippen molar-refractivity contribution in [3.05, 3.63) is 29.6 Å². The van der Waals surface area contributed by atoms with Gasteiger partial charge in [-0.2, -0.15) is 0 Å². The average Bonchev–Trinajstić information content (AvgIpc) is 2.45. The van der Waals surface area contributed by atoms with Gasteiger partial charge in [0, 0.05) is 38.2 Å². The second-order valence-corrected chi connectivity index (χ2v) is 6.97. The first-order valence-electron chi connectivity index (χ1n) is 8.00. The van der Waals surface area contributed by atoms with Gasteiger partial charge in [0.05, 0.1) is 0 Å². The molecule has 1 heterocycles. The number of hydrogen-bond acceptors (Lipinski definition) is 5. The van der Waals surface area contributed by atoms with Crippen LogP contribution in [0.15, 0.2) is 18.2 Å². The molecule has 1 fully saturated rings. The van der Waals surface area contributed by atoms with Crippen LogP contribution in [0.1, 0.15) is 26.3 Å². The molecule has 1 aliphatic heterocycles. The van der Waals surface area contributed by atoms with Gasteiger partial charge in [0.1, 0.15) is 11.4 Å². The lowest BCUT2D eigenvalue weighted by atomic mass is 9.79. The van der Waals surface area contributed by atoms with E-state index in [4.69, 9.17) is 14.8 Å². The maximum absolute atomic E-state index is 13.8. The molecule has 1 aromatic rings. The molecule has 2 N–H and O–H groups in total. The van der Waals surface area contributed by atoms with Crippen LogP contribution in [-0.2, 0) is 11.3 Å². The van der Waals surface area contributed by atoms with Gasteiger partial charge in [-0.3, -0.25) is 4.90 Å². The van der Waals surface area contributed by atoms with E-state index in [1.807, 2.05) is 20.8 Å². The molecule has 0 bridgehead atoms. The van der Waals surface area contributed by atoms with Gasteiger partial charge >= 0.3 is 13.2 Å². The zero-order chi connectivity index (χ0) is 17.9. The normalized spacial score (nSPS) is 16.2. The number of hydrogen-bond donors (Lipinski definition) is 2. The summed E-state index contributed by atoms with van der Waals surface area (Å²) in [4.78, 5) is 15.8. The number of halogens is 1. The molecular weight excluding hydrogens is 314 g/mol. The van der Waals surface area contributed by atoms with E-state index in [0.717, 1.165) is 5.56 Å². The molecule has 1 aromatic carbocycles. The van der Waals surface area contributed by atoms with Crippen molar-refractivity contribution >= 4 is 18.7 Å². The van der Waals surface area contributed by atoms with Crippen molar-refractivity contribution in [3.63, 3.8) is 0 Å². The molecule has 0 unspecified atom stereocenters. The molecule has 132 valence electrons. The third-order valence-corrected chi connectivity index (χ3v) is 3.77. The highest BCUT2D eigenvalue weighted by atomic mass is 19.1. The quantitative estimate of drug-likeness (QED) is 0.788. The van der Waals surface area contributed by atoms with Gasteiger partial charge in [-0.15, -0.1) is 0 Å². The predicted molar refractivity (Wildman–Crippen MR) is 89.3 cm³/mol. The van der Waals surface area contributed by atoms with Gasteiger partial charge < -0.3 is 19.7 Å². The fraction of sp³-hybridized carbons (Fsp3) is 0.562. The summed E-state index contributed by atoms with van der Waals surface area (Å²) in [6.45, 7) is 8.51. The summed E-state index contributed by atoms with van der Waals surface area (Å²) in [5.41, 5.74) is 0.112. The maximum atomic E-state index is 13.8. The lowest BCUT2D eigenvalue weighted by molar-refractivity contribution is 0.0139. The van der Waals surface area contributed by atoms with E-state index in [1.165, 1.54) is 12.1 Å². The van der Waals surface area contributed by atoms with E-state index in [9.17, 15) is 9.18 Å². The van der Waals surface area contributed by atoms with E-state index in [2.05, 4.69) is 4.90 Å². The summed E-state index contributed by atoms with van der Waals surface area (Å²) in [5.74, 6) is -0.630. The van der Waals surface area contributed by atoms with Crippen molar-refractivity contribution in [1.29, 1.82) is 0 Å². The Morgan fingerprint density at radius 2 is 1.88 bits per heavy atom. The summed E-state index contributed by atoms with van der Waals surface area (Å²) in [6.07, 6.45) is -0.311. The molecule has 24 heavy (non-hydrogen) atoms. The van der Waals surface area contributed by atoms with E-state index in [1.54, 1.807) is 11.0 Å². The first-order valence-corrected chi connectivity index (χ1v) is 8.00. The Balaban J connectivity index is 1.87. The van der Waals surface area contributed by atoms with Crippen LogP contribution in [0.5, 0.6) is 0 Å². The predicted octanol–water partition coefficient (Wildman–Crippen LogP) is 0.558. The molecule has 0 aliphatic carbocycles. The van der Waals surface area contributed by atoms with Crippen LogP contribution in [0, 0.1) is 5.82 Å².